The number of aliphatic imine (C=N–C) groups is 2. The fourth-order valence-electron chi connectivity index (χ4n) is 4.14. The zero-order valence-corrected chi connectivity index (χ0v) is 24.7. The van der Waals surface area contributed by atoms with E-state index in [1.807, 2.05) is 0 Å². The van der Waals surface area contributed by atoms with E-state index in [1.54, 1.807) is 12.1 Å². The van der Waals surface area contributed by atoms with Crippen molar-refractivity contribution in [3.05, 3.63) is 48.0 Å². The molecule has 0 bridgehead atoms. The number of aliphatic carboxylic acids is 1. The number of benzene rings is 1. The average Bonchev–Trinajstić information content (AvgIpc) is 3.49. The molecule has 0 saturated heterocycles. The summed E-state index contributed by atoms with van der Waals surface area (Å²) >= 11 is 0. The van der Waals surface area contributed by atoms with Crippen molar-refractivity contribution in [3.8, 4) is 5.75 Å². The molecule has 0 aliphatic carbocycles. The van der Waals surface area contributed by atoms with E-state index in [1.165, 1.54) is 24.7 Å². The standard InChI is InChI=1S/C27H42N12O6/c28-18(3-1-9-34-26(29)30)22(41)37-19(4-2-10-35-27(31)32)23(42)38-20(11-15-5-7-17(40)8-6-15)24(43)39-21(25(44)45)12-16-13-33-14-36-16/h5-8,13-14,18-21,40H,1-4,9-12,28H2,(H,33,36)(H,37,41)(H,38,42)(H,39,43)(H,44,45)(H4,29,30,34)(H4,31,32,35). The fraction of sp³-hybridized carbons (Fsp3) is 0.444. The summed E-state index contributed by atoms with van der Waals surface area (Å²) in [7, 11) is 0. The number of aromatic hydroxyl groups is 1. The van der Waals surface area contributed by atoms with Crippen LogP contribution >= 0.6 is 0 Å². The van der Waals surface area contributed by atoms with Crippen LogP contribution in [-0.2, 0) is 32.0 Å². The number of aromatic amines is 1. The fourth-order valence-corrected chi connectivity index (χ4v) is 4.14. The van der Waals surface area contributed by atoms with Gasteiger partial charge in [-0.05, 0) is 43.4 Å². The molecule has 4 unspecified atom stereocenters. The maximum atomic E-state index is 13.6. The summed E-state index contributed by atoms with van der Waals surface area (Å²) in [5, 5.41) is 27.1. The number of imidazole rings is 1. The summed E-state index contributed by atoms with van der Waals surface area (Å²) in [4.78, 5) is 66.2. The number of carbonyl (C=O) groups is 4. The minimum Gasteiger partial charge on any atom is -0.508 e. The predicted molar refractivity (Wildman–Crippen MR) is 165 cm³/mol. The van der Waals surface area contributed by atoms with Gasteiger partial charge in [0.25, 0.3) is 0 Å². The highest BCUT2D eigenvalue weighted by atomic mass is 16.4. The number of rotatable bonds is 19. The lowest BCUT2D eigenvalue weighted by molar-refractivity contribution is -0.142. The number of amides is 3. The normalized spacial score (nSPS) is 13.4. The molecule has 0 spiro atoms. The number of carboxylic acids is 1. The van der Waals surface area contributed by atoms with Crippen LogP contribution in [0.25, 0.3) is 0 Å². The van der Waals surface area contributed by atoms with Crippen LogP contribution in [-0.4, -0.2) is 93.0 Å². The second-order valence-electron chi connectivity index (χ2n) is 10.2. The second-order valence-corrected chi connectivity index (χ2v) is 10.2. The van der Waals surface area contributed by atoms with Gasteiger partial charge in [-0.3, -0.25) is 24.4 Å². The Balaban J connectivity index is 2.24. The van der Waals surface area contributed by atoms with Crippen LogP contribution in [0.3, 0.4) is 0 Å². The van der Waals surface area contributed by atoms with Gasteiger partial charge in [-0.25, -0.2) is 9.78 Å². The Bertz CT molecular complexity index is 1310. The van der Waals surface area contributed by atoms with E-state index >= 15 is 0 Å². The van der Waals surface area contributed by atoms with Gasteiger partial charge < -0.3 is 59.8 Å². The Labute approximate surface area is 259 Å². The van der Waals surface area contributed by atoms with Crippen molar-refractivity contribution in [2.75, 3.05) is 13.1 Å². The first-order valence-corrected chi connectivity index (χ1v) is 14.1. The monoisotopic (exact) mass is 630 g/mol. The van der Waals surface area contributed by atoms with Gasteiger partial charge in [-0.1, -0.05) is 12.1 Å². The summed E-state index contributed by atoms with van der Waals surface area (Å²) < 4.78 is 0. The summed E-state index contributed by atoms with van der Waals surface area (Å²) in [5.74, 6) is -3.67. The maximum Gasteiger partial charge on any atom is 0.326 e. The first-order chi connectivity index (χ1) is 21.3. The molecule has 0 fully saturated rings. The molecule has 2 aromatic rings. The van der Waals surface area contributed by atoms with Crippen molar-refractivity contribution in [2.45, 2.75) is 62.7 Å². The average molecular weight is 631 g/mol. The number of hydrogen-bond donors (Lipinski definition) is 11. The zero-order chi connectivity index (χ0) is 33.4. The molecule has 1 aromatic carbocycles. The predicted octanol–water partition coefficient (Wildman–Crippen LogP) is -3.13. The summed E-state index contributed by atoms with van der Waals surface area (Å²) in [6, 6.07) is 1.18. The lowest BCUT2D eigenvalue weighted by Gasteiger charge is -2.25. The van der Waals surface area contributed by atoms with E-state index in [0.717, 1.165) is 0 Å². The topological polar surface area (TPSA) is 328 Å². The smallest absolute Gasteiger partial charge is 0.326 e. The number of nitrogens with one attached hydrogen (secondary N) is 4. The second kappa shape index (κ2) is 18.3. The van der Waals surface area contributed by atoms with Crippen molar-refractivity contribution in [1.29, 1.82) is 0 Å². The Morgan fingerprint density at radius 3 is 1.91 bits per heavy atom. The molecular weight excluding hydrogens is 588 g/mol. The van der Waals surface area contributed by atoms with E-state index in [0.29, 0.717) is 17.7 Å². The molecule has 1 heterocycles. The minimum atomic E-state index is -1.34. The number of hydrogen-bond acceptors (Lipinski definition) is 9. The van der Waals surface area contributed by atoms with Gasteiger partial charge in [0.1, 0.15) is 23.9 Å². The van der Waals surface area contributed by atoms with E-state index < -0.39 is 47.9 Å². The molecule has 246 valence electrons. The van der Waals surface area contributed by atoms with Gasteiger partial charge in [0.2, 0.25) is 17.7 Å². The molecule has 18 heteroatoms. The highest BCUT2D eigenvalue weighted by molar-refractivity contribution is 5.94. The van der Waals surface area contributed by atoms with Crippen LogP contribution in [0.5, 0.6) is 5.75 Å². The van der Waals surface area contributed by atoms with Crippen LogP contribution in [0.1, 0.15) is 36.9 Å². The van der Waals surface area contributed by atoms with Gasteiger partial charge in [0.05, 0.1) is 12.4 Å². The number of H-pyrrole nitrogens is 1. The third-order valence-electron chi connectivity index (χ3n) is 6.49. The Morgan fingerprint density at radius 2 is 1.36 bits per heavy atom. The molecule has 4 atom stereocenters. The SMILES string of the molecule is NC(N)=NCCCC(N)C(=O)NC(CCCN=C(N)N)C(=O)NC(Cc1ccc(O)cc1)C(=O)NC(Cc1cnc[nH]1)C(=O)O. The van der Waals surface area contributed by atoms with Crippen molar-refractivity contribution in [1.82, 2.24) is 25.9 Å². The van der Waals surface area contributed by atoms with Gasteiger partial charge in [0.15, 0.2) is 11.9 Å². The Hall–Kier alpha value is -5.39. The number of phenols is 1. The van der Waals surface area contributed by atoms with Gasteiger partial charge in [-0.15, -0.1) is 0 Å². The van der Waals surface area contributed by atoms with Crippen molar-refractivity contribution >= 4 is 35.6 Å². The number of carbonyl (C=O) groups excluding carboxylic acids is 3. The van der Waals surface area contributed by atoms with Crippen molar-refractivity contribution in [2.24, 2.45) is 38.7 Å². The quantitative estimate of drug-likeness (QED) is 0.0417. The van der Waals surface area contributed by atoms with Crippen LogP contribution < -0.4 is 44.6 Å². The van der Waals surface area contributed by atoms with Crippen LogP contribution in [0.15, 0.2) is 46.8 Å². The van der Waals surface area contributed by atoms with Crippen LogP contribution in [0.2, 0.25) is 0 Å². The summed E-state index contributed by atoms with van der Waals surface area (Å²) in [6.07, 6.45) is 3.66. The number of guanidine groups is 2. The van der Waals surface area contributed by atoms with Crippen molar-refractivity contribution in [3.63, 3.8) is 0 Å². The lowest BCUT2D eigenvalue weighted by Crippen LogP contribution is -2.57. The maximum absolute atomic E-state index is 13.6. The summed E-state index contributed by atoms with van der Waals surface area (Å²) in [6.45, 7) is 0.426. The van der Waals surface area contributed by atoms with Gasteiger partial charge in [-0.2, -0.15) is 0 Å². The van der Waals surface area contributed by atoms with Crippen LogP contribution in [0, 0.1) is 0 Å². The molecule has 45 heavy (non-hydrogen) atoms. The minimum absolute atomic E-state index is 0.00697. The van der Waals surface area contributed by atoms with E-state index in [-0.39, 0.29) is 62.9 Å². The molecule has 1 aromatic heterocycles. The number of nitrogens with two attached hydrogens (primary N) is 5. The molecule has 0 radical (unpaired) electrons. The van der Waals surface area contributed by atoms with Crippen molar-refractivity contribution < 1.29 is 29.4 Å². The number of nitrogens with zero attached hydrogens (tertiary/aromatic N) is 3. The molecule has 16 N–H and O–H groups in total. The van der Waals surface area contributed by atoms with E-state index in [9.17, 15) is 29.4 Å². The van der Waals surface area contributed by atoms with Crippen LogP contribution in [0.4, 0.5) is 0 Å². The molecule has 0 aliphatic rings. The number of carboxylic acid groups (broad SMARTS) is 1. The van der Waals surface area contributed by atoms with E-state index in [2.05, 4.69) is 35.9 Å². The first kappa shape index (κ1) is 35.8. The largest absolute Gasteiger partial charge is 0.508 e. The highest BCUT2D eigenvalue weighted by Gasteiger charge is 2.30. The lowest BCUT2D eigenvalue weighted by atomic mass is 10.0. The number of phenolic OH excluding ortho intramolecular Hbond substituents is 1. The first-order valence-electron chi connectivity index (χ1n) is 14.1. The van der Waals surface area contributed by atoms with E-state index in [4.69, 9.17) is 28.7 Å². The molecule has 0 saturated carbocycles. The van der Waals surface area contributed by atoms with Gasteiger partial charge in [0, 0.05) is 37.8 Å². The Morgan fingerprint density at radius 1 is 0.800 bits per heavy atom. The molecular formula is C27H42N12O6. The number of aromatic nitrogens is 2. The molecule has 2 rings (SSSR count). The third kappa shape index (κ3) is 13.6. The molecule has 0 aliphatic heterocycles. The molecule has 3 amide bonds. The zero-order valence-electron chi connectivity index (χ0n) is 24.7. The van der Waals surface area contributed by atoms with Gasteiger partial charge >= 0.3 is 5.97 Å². The third-order valence-corrected chi connectivity index (χ3v) is 6.49. The highest BCUT2D eigenvalue weighted by Crippen LogP contribution is 2.13. The Kier molecular flexibility index (Phi) is 14.6. The summed E-state index contributed by atoms with van der Waals surface area (Å²) in [5.41, 5.74) is 28.4. The molecule has 18 nitrogen and oxygen atoms in total.